The van der Waals surface area contributed by atoms with Gasteiger partial charge in [0.2, 0.25) is 0 Å². The molecule has 3 aromatic carbocycles. The molecule has 1 fully saturated rings. The van der Waals surface area contributed by atoms with Crippen LogP contribution in [0.25, 0.3) is 11.1 Å². The van der Waals surface area contributed by atoms with Crippen molar-refractivity contribution in [2.24, 2.45) is 5.92 Å². The van der Waals surface area contributed by atoms with E-state index in [-0.39, 0.29) is 23.9 Å². The van der Waals surface area contributed by atoms with Gasteiger partial charge in [-0.25, -0.2) is 13.2 Å². The molecule has 174 valence electrons. The van der Waals surface area contributed by atoms with E-state index in [0.717, 1.165) is 32.1 Å². The molecule has 1 aliphatic carbocycles. The summed E-state index contributed by atoms with van der Waals surface area (Å²) in [5, 5.41) is 0. The summed E-state index contributed by atoms with van der Waals surface area (Å²) in [7, 11) is 1.49. The van der Waals surface area contributed by atoms with Crippen LogP contribution in [-0.4, -0.2) is 7.11 Å². The molecule has 0 aromatic heterocycles. The summed E-state index contributed by atoms with van der Waals surface area (Å²) in [5.41, 5.74) is 1.79. The zero-order chi connectivity index (χ0) is 23.4. The zero-order valence-corrected chi connectivity index (χ0v) is 19.0. The molecule has 0 heterocycles. The van der Waals surface area contributed by atoms with Crippen molar-refractivity contribution in [1.82, 2.24) is 0 Å². The first-order valence-electron chi connectivity index (χ1n) is 11.5. The van der Waals surface area contributed by atoms with Gasteiger partial charge in [0.05, 0.1) is 7.11 Å². The van der Waals surface area contributed by atoms with Gasteiger partial charge in [0.25, 0.3) is 0 Å². The lowest BCUT2D eigenvalue weighted by Crippen LogP contribution is -2.15. The average Bonchev–Trinajstić information content (AvgIpc) is 2.85. The van der Waals surface area contributed by atoms with Crippen molar-refractivity contribution in [3.63, 3.8) is 0 Å². The molecule has 0 aliphatic heterocycles. The summed E-state index contributed by atoms with van der Waals surface area (Å²) in [6, 6.07) is 14.8. The first-order chi connectivity index (χ1) is 16.0. The molecule has 3 aromatic rings. The minimum atomic E-state index is -0.831. The van der Waals surface area contributed by atoms with Gasteiger partial charge in [0, 0.05) is 17.2 Å². The highest BCUT2D eigenvalue weighted by atomic mass is 19.2. The van der Waals surface area contributed by atoms with Gasteiger partial charge in [-0.1, -0.05) is 37.6 Å². The van der Waals surface area contributed by atoms with Gasteiger partial charge in [0.1, 0.15) is 23.9 Å². The van der Waals surface area contributed by atoms with E-state index in [1.165, 1.54) is 13.2 Å². The van der Waals surface area contributed by atoms with E-state index in [4.69, 9.17) is 9.47 Å². The monoisotopic (exact) mass is 454 g/mol. The zero-order valence-electron chi connectivity index (χ0n) is 19.0. The Morgan fingerprint density at radius 1 is 0.818 bits per heavy atom. The van der Waals surface area contributed by atoms with Crippen molar-refractivity contribution in [2.45, 2.75) is 51.6 Å². The quantitative estimate of drug-likeness (QED) is 0.360. The van der Waals surface area contributed by atoms with E-state index in [1.54, 1.807) is 48.5 Å². The molecule has 0 spiro atoms. The second-order valence-electron chi connectivity index (χ2n) is 8.73. The molecule has 33 heavy (non-hydrogen) atoms. The van der Waals surface area contributed by atoms with Crippen molar-refractivity contribution in [2.75, 3.05) is 7.11 Å². The van der Waals surface area contributed by atoms with Crippen LogP contribution in [0.1, 0.15) is 56.1 Å². The van der Waals surface area contributed by atoms with Crippen LogP contribution in [0, 0.1) is 23.4 Å². The van der Waals surface area contributed by atoms with Crippen molar-refractivity contribution in [3.8, 4) is 22.6 Å². The fourth-order valence-corrected chi connectivity index (χ4v) is 4.66. The van der Waals surface area contributed by atoms with E-state index < -0.39 is 11.6 Å². The topological polar surface area (TPSA) is 18.5 Å². The van der Waals surface area contributed by atoms with Crippen LogP contribution in [0.2, 0.25) is 0 Å². The average molecular weight is 455 g/mol. The number of hydrogen-bond donors (Lipinski definition) is 0. The van der Waals surface area contributed by atoms with Gasteiger partial charge in [-0.3, -0.25) is 0 Å². The summed E-state index contributed by atoms with van der Waals surface area (Å²) in [6.07, 6.45) is 5.11. The molecule has 0 atom stereocenters. The highest BCUT2D eigenvalue weighted by Gasteiger charge is 2.25. The fraction of sp³-hybridized carbons (Fsp3) is 0.357. The SMILES string of the molecule is CCC1CCC(c2ccc(COc3ccc(-c4ccc(OC)cc4F)cc3)c(F)c2F)CC1. The largest absolute Gasteiger partial charge is 0.497 e. The van der Waals surface area contributed by atoms with Crippen LogP contribution in [0.15, 0.2) is 54.6 Å². The summed E-state index contributed by atoms with van der Waals surface area (Å²) in [6.45, 7) is 2.10. The molecule has 0 saturated heterocycles. The van der Waals surface area contributed by atoms with Gasteiger partial charge in [-0.05, 0) is 72.9 Å². The molecule has 0 unspecified atom stereocenters. The molecule has 1 aliphatic rings. The summed E-state index contributed by atoms with van der Waals surface area (Å²) in [4.78, 5) is 0. The van der Waals surface area contributed by atoms with Gasteiger partial charge in [-0.15, -0.1) is 0 Å². The third-order valence-electron chi connectivity index (χ3n) is 6.79. The maximum atomic E-state index is 14.8. The molecule has 1 saturated carbocycles. The van der Waals surface area contributed by atoms with Gasteiger partial charge >= 0.3 is 0 Å². The number of halogens is 3. The van der Waals surface area contributed by atoms with Crippen LogP contribution in [0.5, 0.6) is 11.5 Å². The van der Waals surface area contributed by atoms with Crippen molar-refractivity contribution in [1.29, 1.82) is 0 Å². The Hall–Kier alpha value is -2.95. The third-order valence-corrected chi connectivity index (χ3v) is 6.79. The smallest absolute Gasteiger partial charge is 0.165 e. The highest BCUT2D eigenvalue weighted by molar-refractivity contribution is 5.65. The molecule has 0 bridgehead atoms. The number of rotatable bonds is 7. The maximum absolute atomic E-state index is 14.8. The fourth-order valence-electron chi connectivity index (χ4n) is 4.66. The molecule has 0 N–H and O–H groups in total. The molecule has 5 heteroatoms. The van der Waals surface area contributed by atoms with Crippen LogP contribution in [0.3, 0.4) is 0 Å². The van der Waals surface area contributed by atoms with Gasteiger partial charge in [-0.2, -0.15) is 0 Å². The van der Waals surface area contributed by atoms with E-state index in [0.29, 0.717) is 34.1 Å². The predicted octanol–water partition coefficient (Wildman–Crippen LogP) is 8.04. The Bertz CT molecular complexity index is 1090. The number of benzene rings is 3. The minimum absolute atomic E-state index is 0.0815. The number of hydrogen-bond acceptors (Lipinski definition) is 2. The van der Waals surface area contributed by atoms with Gasteiger partial charge in [0.15, 0.2) is 11.6 Å². The minimum Gasteiger partial charge on any atom is -0.497 e. The number of methoxy groups -OCH3 is 1. The second-order valence-corrected chi connectivity index (χ2v) is 8.73. The Labute approximate surface area is 193 Å². The lowest BCUT2D eigenvalue weighted by Gasteiger charge is -2.28. The molecule has 2 nitrogen and oxygen atoms in total. The summed E-state index contributed by atoms with van der Waals surface area (Å²) < 4.78 is 54.6. The van der Waals surface area contributed by atoms with Crippen LogP contribution in [-0.2, 0) is 6.61 Å². The summed E-state index contributed by atoms with van der Waals surface area (Å²) in [5.74, 6) is -0.232. The van der Waals surface area contributed by atoms with Crippen molar-refractivity contribution in [3.05, 3.63) is 83.2 Å². The van der Waals surface area contributed by atoms with E-state index in [2.05, 4.69) is 6.92 Å². The first-order valence-corrected chi connectivity index (χ1v) is 11.5. The predicted molar refractivity (Wildman–Crippen MR) is 124 cm³/mol. The molecule has 0 amide bonds. The Balaban J connectivity index is 1.41. The van der Waals surface area contributed by atoms with E-state index >= 15 is 0 Å². The Morgan fingerprint density at radius 3 is 2.15 bits per heavy atom. The molecule has 4 rings (SSSR count). The number of ether oxygens (including phenoxy) is 2. The van der Waals surface area contributed by atoms with Crippen molar-refractivity contribution >= 4 is 0 Å². The third kappa shape index (κ3) is 5.18. The maximum Gasteiger partial charge on any atom is 0.165 e. The lowest BCUT2D eigenvalue weighted by molar-refractivity contribution is 0.294. The van der Waals surface area contributed by atoms with Crippen LogP contribution < -0.4 is 9.47 Å². The van der Waals surface area contributed by atoms with E-state index in [1.807, 2.05) is 0 Å². The summed E-state index contributed by atoms with van der Waals surface area (Å²) >= 11 is 0. The van der Waals surface area contributed by atoms with Crippen LogP contribution >= 0.6 is 0 Å². The molecular weight excluding hydrogens is 425 g/mol. The van der Waals surface area contributed by atoms with E-state index in [9.17, 15) is 13.2 Å². The molecular formula is C28H29F3O2. The van der Waals surface area contributed by atoms with Crippen LogP contribution in [0.4, 0.5) is 13.2 Å². The standard InChI is InChI=1S/C28H29F3O2/c1-3-18-4-6-20(7-5-18)25-14-10-21(27(30)28(25)31)17-33-22-11-8-19(9-12-22)24-15-13-23(32-2)16-26(24)29/h8-16,18,20H,3-7,17H2,1-2H3. The normalized spacial score (nSPS) is 18.2. The van der Waals surface area contributed by atoms with Crippen molar-refractivity contribution < 1.29 is 22.6 Å². The Morgan fingerprint density at radius 2 is 1.52 bits per heavy atom. The van der Waals surface area contributed by atoms with Gasteiger partial charge < -0.3 is 9.47 Å². The Kier molecular flexibility index (Phi) is 7.26. The first kappa shape index (κ1) is 23.2. The highest BCUT2D eigenvalue weighted by Crippen LogP contribution is 2.38. The molecule has 0 radical (unpaired) electrons. The lowest BCUT2D eigenvalue weighted by atomic mass is 9.77. The second kappa shape index (κ2) is 10.3.